The fourth-order valence-electron chi connectivity index (χ4n) is 7.66. The number of ether oxygens (including phenoxy) is 1. The van der Waals surface area contributed by atoms with Gasteiger partial charge in [0.1, 0.15) is 11.6 Å². The lowest BCUT2D eigenvalue weighted by Gasteiger charge is -2.43. The Kier molecular flexibility index (Phi) is 6.09. The maximum atomic E-state index is 13.7. The van der Waals surface area contributed by atoms with Gasteiger partial charge in [-0.1, -0.05) is 12.1 Å². The van der Waals surface area contributed by atoms with E-state index in [4.69, 9.17) is 14.2 Å². The largest absolute Gasteiger partial charge is 0.414 e. The van der Waals surface area contributed by atoms with Gasteiger partial charge in [-0.3, -0.25) is 13.8 Å². The molecule has 3 fully saturated rings. The maximum Gasteiger partial charge on any atom is 0.414 e. The van der Waals surface area contributed by atoms with Crippen molar-refractivity contribution in [2.75, 3.05) is 33.4 Å². The standard InChI is InChI=1S/C31H39FN5O4/c1-20-23(28(38)36-12-5-4-6-26(36)33-20)11-15-37(19-40-29(39)35(3)31-17-30(31,2)18-31)13-9-21(10-14-37)27-24-8-7-22(32)16-25(24)41-34-27/h7-8,16,21H,4-6,9-15,17-19H2,1-3H3/q+1. The SMILES string of the molecule is Cc1nc2n(c(=O)c1CC[N+]1(COC(=O)N(C)C34CC3(C)C4)CCC(c3noc4cc(F)ccc34)CC1)CCCC2. The third-order valence-corrected chi connectivity index (χ3v) is 10.8. The Hall–Kier alpha value is -3.27. The third-order valence-electron chi connectivity index (χ3n) is 10.8. The van der Waals surface area contributed by atoms with Gasteiger partial charge in [0.15, 0.2) is 5.58 Å². The fourth-order valence-corrected chi connectivity index (χ4v) is 7.66. The highest BCUT2D eigenvalue weighted by Crippen LogP contribution is 2.81. The zero-order valence-electron chi connectivity index (χ0n) is 24.2. The number of piperidine rings is 1. The van der Waals surface area contributed by atoms with Crippen LogP contribution in [0.2, 0.25) is 0 Å². The minimum absolute atomic E-state index is 0.00398. The summed E-state index contributed by atoms with van der Waals surface area (Å²) >= 11 is 0. The Morgan fingerprint density at radius 3 is 2.76 bits per heavy atom. The van der Waals surface area contributed by atoms with Crippen LogP contribution in [0.5, 0.6) is 0 Å². The van der Waals surface area contributed by atoms with Crippen molar-refractivity contribution in [3.63, 3.8) is 0 Å². The van der Waals surface area contributed by atoms with E-state index in [1.54, 1.807) is 11.0 Å². The van der Waals surface area contributed by atoms with Crippen LogP contribution in [0.15, 0.2) is 27.5 Å². The second kappa shape index (κ2) is 9.37. The molecular formula is C31H39FN5O4+. The van der Waals surface area contributed by atoms with Gasteiger partial charge in [-0.15, -0.1) is 0 Å². The quantitative estimate of drug-likeness (QED) is 0.387. The van der Waals surface area contributed by atoms with Crippen LogP contribution in [0.3, 0.4) is 0 Å². The van der Waals surface area contributed by atoms with Crippen LogP contribution in [-0.4, -0.2) is 69.1 Å². The summed E-state index contributed by atoms with van der Waals surface area (Å²) in [6, 6.07) is 4.57. The number of rotatable bonds is 7. The molecule has 4 heterocycles. The number of hydrogen-bond donors (Lipinski definition) is 0. The number of aryl methyl sites for hydroxylation is 2. The van der Waals surface area contributed by atoms with E-state index in [9.17, 15) is 14.0 Å². The monoisotopic (exact) mass is 564 g/mol. The molecule has 10 heteroatoms. The first-order chi connectivity index (χ1) is 19.6. The Morgan fingerprint density at radius 2 is 2.02 bits per heavy atom. The molecule has 7 rings (SSSR count). The Morgan fingerprint density at radius 1 is 1.27 bits per heavy atom. The zero-order valence-corrected chi connectivity index (χ0v) is 24.2. The van der Waals surface area contributed by atoms with Crippen molar-refractivity contribution in [3.05, 3.63) is 57.1 Å². The summed E-state index contributed by atoms with van der Waals surface area (Å²) < 4.78 is 27.6. The minimum Gasteiger partial charge on any atom is -0.399 e. The molecule has 4 aliphatic rings. The Balaban J connectivity index is 1.10. The Bertz CT molecular complexity index is 1580. The highest BCUT2D eigenvalue weighted by atomic mass is 19.1. The van der Waals surface area contributed by atoms with Crippen molar-refractivity contribution >= 4 is 17.1 Å². The first kappa shape index (κ1) is 26.6. The van der Waals surface area contributed by atoms with Crippen molar-refractivity contribution in [1.29, 1.82) is 0 Å². The summed E-state index contributed by atoms with van der Waals surface area (Å²) in [6.07, 6.45) is 7.02. The van der Waals surface area contributed by atoms with Gasteiger partial charge in [-0.25, -0.2) is 14.2 Å². The number of benzene rings is 1. The summed E-state index contributed by atoms with van der Waals surface area (Å²) in [7, 11) is 1.86. The summed E-state index contributed by atoms with van der Waals surface area (Å²) in [4.78, 5) is 33.2. The number of quaternary nitrogens is 1. The lowest BCUT2D eigenvalue weighted by molar-refractivity contribution is -0.948. The second-order valence-corrected chi connectivity index (χ2v) is 13.3. The maximum absolute atomic E-state index is 13.7. The van der Waals surface area contributed by atoms with E-state index in [1.165, 1.54) is 12.1 Å². The lowest BCUT2D eigenvalue weighted by Crippen LogP contribution is -2.56. The molecule has 1 amide bonds. The Labute approximate surface area is 238 Å². The van der Waals surface area contributed by atoms with Gasteiger partial charge in [0, 0.05) is 67.9 Å². The molecule has 218 valence electrons. The average Bonchev–Trinajstić information content (AvgIpc) is 3.67. The van der Waals surface area contributed by atoms with Crippen molar-refractivity contribution < 1.29 is 22.9 Å². The number of fused-ring (bicyclic) bond motifs is 3. The topological polar surface area (TPSA) is 90.5 Å². The molecule has 2 aromatic heterocycles. The third kappa shape index (κ3) is 4.37. The predicted molar refractivity (Wildman–Crippen MR) is 150 cm³/mol. The van der Waals surface area contributed by atoms with Crippen LogP contribution in [0.1, 0.15) is 74.1 Å². The second-order valence-electron chi connectivity index (χ2n) is 13.3. The number of amides is 1. The van der Waals surface area contributed by atoms with E-state index in [2.05, 4.69) is 12.1 Å². The number of halogens is 1. The van der Waals surface area contributed by atoms with E-state index in [-0.39, 0.29) is 41.1 Å². The molecule has 0 bridgehead atoms. The molecule has 9 nitrogen and oxygen atoms in total. The smallest absolute Gasteiger partial charge is 0.399 e. The summed E-state index contributed by atoms with van der Waals surface area (Å²) in [5, 5.41) is 5.17. The predicted octanol–water partition coefficient (Wildman–Crippen LogP) is 4.68. The molecule has 1 saturated heterocycles. The van der Waals surface area contributed by atoms with Crippen LogP contribution >= 0.6 is 0 Å². The lowest BCUT2D eigenvalue weighted by atomic mass is 9.90. The van der Waals surface area contributed by atoms with E-state index >= 15 is 0 Å². The number of hydrogen-bond acceptors (Lipinski definition) is 6. The van der Waals surface area contributed by atoms with Gasteiger partial charge in [0.05, 0.1) is 30.9 Å². The van der Waals surface area contributed by atoms with Gasteiger partial charge in [-0.2, -0.15) is 0 Å². The molecule has 0 N–H and O–H groups in total. The molecule has 0 atom stereocenters. The van der Waals surface area contributed by atoms with Crippen LogP contribution in [0.25, 0.3) is 11.0 Å². The van der Waals surface area contributed by atoms with Crippen molar-refractivity contribution in [2.24, 2.45) is 5.41 Å². The summed E-state index contributed by atoms with van der Waals surface area (Å²) in [6.45, 7) is 7.41. The fraction of sp³-hybridized carbons (Fsp3) is 0.613. The van der Waals surface area contributed by atoms with Gasteiger partial charge >= 0.3 is 6.09 Å². The number of likely N-dealkylation sites (tertiary alicyclic amines) is 1. The minimum atomic E-state index is -0.341. The molecule has 1 aromatic carbocycles. The molecule has 0 radical (unpaired) electrons. The number of nitrogens with zero attached hydrogens (tertiary/aromatic N) is 5. The number of carbonyl (C=O) groups is 1. The molecule has 2 aliphatic heterocycles. The molecule has 3 aromatic rings. The van der Waals surface area contributed by atoms with Crippen molar-refractivity contribution in [3.8, 4) is 0 Å². The highest BCUT2D eigenvalue weighted by Gasteiger charge is 2.83. The molecule has 41 heavy (non-hydrogen) atoms. The molecule has 0 unspecified atom stereocenters. The van der Waals surface area contributed by atoms with E-state index in [1.807, 2.05) is 18.5 Å². The van der Waals surface area contributed by atoms with E-state index in [0.717, 1.165) is 92.7 Å². The van der Waals surface area contributed by atoms with Crippen LogP contribution < -0.4 is 5.56 Å². The van der Waals surface area contributed by atoms with Crippen LogP contribution in [0.4, 0.5) is 9.18 Å². The first-order valence-electron chi connectivity index (χ1n) is 15.0. The molecule has 0 spiro atoms. The van der Waals surface area contributed by atoms with Crippen LogP contribution in [-0.2, 0) is 24.1 Å². The number of aromatic nitrogens is 3. The zero-order chi connectivity index (χ0) is 28.6. The number of carbonyl (C=O) groups excluding carboxylic acids is 1. The van der Waals surface area contributed by atoms with Gasteiger partial charge in [-0.05, 0) is 50.2 Å². The summed E-state index contributed by atoms with van der Waals surface area (Å²) in [5.74, 6) is 0.725. The van der Waals surface area contributed by atoms with Gasteiger partial charge in [0.25, 0.3) is 5.56 Å². The van der Waals surface area contributed by atoms with Crippen molar-refractivity contribution in [1.82, 2.24) is 19.6 Å². The first-order valence-corrected chi connectivity index (χ1v) is 15.0. The van der Waals surface area contributed by atoms with Crippen molar-refractivity contribution in [2.45, 2.75) is 83.2 Å². The van der Waals surface area contributed by atoms with Gasteiger partial charge < -0.3 is 14.2 Å². The molecule has 2 aliphatic carbocycles. The molecular weight excluding hydrogens is 525 g/mol. The average molecular weight is 565 g/mol. The summed E-state index contributed by atoms with van der Waals surface area (Å²) in [5.41, 5.74) is 3.26. The van der Waals surface area contributed by atoms with Crippen LogP contribution in [0, 0.1) is 18.2 Å². The molecule has 2 saturated carbocycles. The highest BCUT2D eigenvalue weighted by molar-refractivity contribution is 5.79. The van der Waals surface area contributed by atoms with E-state index < -0.39 is 0 Å². The van der Waals surface area contributed by atoms with Gasteiger partial charge in [0.2, 0.25) is 6.73 Å². The van der Waals surface area contributed by atoms with E-state index in [0.29, 0.717) is 23.0 Å². The normalized spacial score (nSPS) is 30.0.